The molecular weight excluding hydrogens is 234 g/mol. The van der Waals surface area contributed by atoms with Crippen molar-refractivity contribution in [2.24, 2.45) is 0 Å². The summed E-state index contributed by atoms with van der Waals surface area (Å²) in [5.74, 6) is 1.03. The highest BCUT2D eigenvalue weighted by atomic mass is 16.3. The molecule has 2 rings (SSSR count). The standard InChI is InChI=1S/C17H25NO/c1-6-7-18-11-14-10-13-8-12(2)9-15(16(13)19-14)17(3,4)5/h8-10,18H,6-7,11H2,1-5H3. The molecule has 0 saturated carbocycles. The summed E-state index contributed by atoms with van der Waals surface area (Å²) in [6.07, 6.45) is 1.15. The lowest BCUT2D eigenvalue weighted by molar-refractivity contribution is 0.500. The number of furan rings is 1. The number of hydrogen-bond donors (Lipinski definition) is 1. The van der Waals surface area contributed by atoms with E-state index < -0.39 is 0 Å². The normalized spacial score (nSPS) is 12.3. The topological polar surface area (TPSA) is 25.2 Å². The summed E-state index contributed by atoms with van der Waals surface area (Å²) in [5, 5.41) is 4.61. The Kier molecular flexibility index (Phi) is 4.00. The highest BCUT2D eigenvalue weighted by molar-refractivity contribution is 5.83. The fraction of sp³-hybridized carbons (Fsp3) is 0.529. The van der Waals surface area contributed by atoms with E-state index in [4.69, 9.17) is 4.42 Å². The Labute approximate surface area is 116 Å². The molecule has 0 aliphatic carbocycles. The van der Waals surface area contributed by atoms with Crippen LogP contribution in [-0.4, -0.2) is 6.54 Å². The van der Waals surface area contributed by atoms with E-state index in [-0.39, 0.29) is 5.41 Å². The van der Waals surface area contributed by atoms with Crippen LogP contribution in [0.15, 0.2) is 22.6 Å². The van der Waals surface area contributed by atoms with Crippen LogP contribution in [0.5, 0.6) is 0 Å². The molecule has 0 fully saturated rings. The van der Waals surface area contributed by atoms with Crippen molar-refractivity contribution in [1.82, 2.24) is 5.32 Å². The first-order valence-electron chi connectivity index (χ1n) is 7.16. The molecule has 0 saturated heterocycles. The third-order valence-electron chi connectivity index (χ3n) is 3.35. The van der Waals surface area contributed by atoms with Crippen molar-refractivity contribution in [2.75, 3.05) is 6.54 Å². The van der Waals surface area contributed by atoms with Crippen LogP contribution < -0.4 is 5.32 Å². The largest absolute Gasteiger partial charge is 0.459 e. The fourth-order valence-electron chi connectivity index (χ4n) is 2.39. The Morgan fingerprint density at radius 3 is 2.53 bits per heavy atom. The van der Waals surface area contributed by atoms with Gasteiger partial charge in [-0.15, -0.1) is 0 Å². The number of nitrogens with one attached hydrogen (secondary N) is 1. The molecular formula is C17H25NO. The van der Waals surface area contributed by atoms with E-state index in [1.54, 1.807) is 0 Å². The average Bonchev–Trinajstić information content (AvgIpc) is 2.69. The zero-order valence-electron chi connectivity index (χ0n) is 12.8. The van der Waals surface area contributed by atoms with Crippen LogP contribution in [0.3, 0.4) is 0 Å². The second kappa shape index (κ2) is 5.38. The Bertz CT molecular complexity index is 560. The van der Waals surface area contributed by atoms with Crippen LogP contribution in [0.25, 0.3) is 11.0 Å². The lowest BCUT2D eigenvalue weighted by Crippen LogP contribution is -2.13. The van der Waals surface area contributed by atoms with E-state index in [2.05, 4.69) is 58.1 Å². The summed E-state index contributed by atoms with van der Waals surface area (Å²) in [6.45, 7) is 12.9. The third kappa shape index (κ3) is 3.19. The molecule has 1 aromatic heterocycles. The van der Waals surface area contributed by atoms with Gasteiger partial charge in [0.2, 0.25) is 0 Å². The van der Waals surface area contributed by atoms with Gasteiger partial charge in [0.25, 0.3) is 0 Å². The van der Waals surface area contributed by atoms with Crippen molar-refractivity contribution in [3.05, 3.63) is 35.1 Å². The summed E-state index contributed by atoms with van der Waals surface area (Å²) in [6, 6.07) is 6.62. The second-order valence-electron chi connectivity index (χ2n) is 6.37. The number of fused-ring (bicyclic) bond motifs is 1. The molecule has 1 aromatic carbocycles. The zero-order valence-corrected chi connectivity index (χ0v) is 12.8. The van der Waals surface area contributed by atoms with Gasteiger partial charge >= 0.3 is 0 Å². The molecule has 2 nitrogen and oxygen atoms in total. The predicted molar refractivity (Wildman–Crippen MR) is 81.6 cm³/mol. The fourth-order valence-corrected chi connectivity index (χ4v) is 2.39. The highest BCUT2D eigenvalue weighted by Crippen LogP contribution is 2.33. The molecule has 0 spiro atoms. The minimum Gasteiger partial charge on any atom is -0.459 e. The first kappa shape index (κ1) is 14.1. The molecule has 0 aliphatic heterocycles. The van der Waals surface area contributed by atoms with Crippen molar-refractivity contribution in [1.29, 1.82) is 0 Å². The first-order chi connectivity index (χ1) is 8.91. The molecule has 19 heavy (non-hydrogen) atoms. The molecule has 0 amide bonds. The molecule has 2 heteroatoms. The van der Waals surface area contributed by atoms with Gasteiger partial charge < -0.3 is 9.73 Å². The van der Waals surface area contributed by atoms with Crippen LogP contribution in [-0.2, 0) is 12.0 Å². The monoisotopic (exact) mass is 259 g/mol. The maximum atomic E-state index is 6.06. The summed E-state index contributed by atoms with van der Waals surface area (Å²) in [5.41, 5.74) is 3.75. The van der Waals surface area contributed by atoms with Gasteiger partial charge in [0.1, 0.15) is 11.3 Å². The van der Waals surface area contributed by atoms with Crippen LogP contribution in [0.4, 0.5) is 0 Å². The lowest BCUT2D eigenvalue weighted by Gasteiger charge is -2.19. The Morgan fingerprint density at radius 2 is 1.89 bits per heavy atom. The minimum absolute atomic E-state index is 0.107. The Hall–Kier alpha value is -1.28. The van der Waals surface area contributed by atoms with E-state index in [0.29, 0.717) is 0 Å². The second-order valence-corrected chi connectivity index (χ2v) is 6.37. The average molecular weight is 259 g/mol. The van der Waals surface area contributed by atoms with Gasteiger partial charge in [0.05, 0.1) is 6.54 Å². The molecule has 0 atom stereocenters. The van der Waals surface area contributed by atoms with Crippen molar-refractivity contribution < 1.29 is 4.42 Å². The first-order valence-corrected chi connectivity index (χ1v) is 7.16. The molecule has 1 heterocycles. The number of hydrogen-bond acceptors (Lipinski definition) is 2. The van der Waals surface area contributed by atoms with E-state index in [9.17, 15) is 0 Å². The zero-order chi connectivity index (χ0) is 14.0. The minimum atomic E-state index is 0.107. The molecule has 0 radical (unpaired) electrons. The number of rotatable bonds is 4. The van der Waals surface area contributed by atoms with Gasteiger partial charge in [-0.1, -0.05) is 33.8 Å². The number of benzene rings is 1. The van der Waals surface area contributed by atoms with Gasteiger partial charge in [-0.2, -0.15) is 0 Å². The Balaban J connectivity index is 2.41. The van der Waals surface area contributed by atoms with Gasteiger partial charge in [-0.05, 0) is 43.0 Å². The SMILES string of the molecule is CCCNCc1cc2cc(C)cc(C(C)(C)C)c2o1. The van der Waals surface area contributed by atoms with Gasteiger partial charge in [0, 0.05) is 10.9 Å². The summed E-state index contributed by atoms with van der Waals surface area (Å²) < 4.78 is 6.06. The predicted octanol–water partition coefficient (Wildman–Crippen LogP) is 4.54. The summed E-state index contributed by atoms with van der Waals surface area (Å²) >= 11 is 0. The van der Waals surface area contributed by atoms with Crippen LogP contribution in [0.1, 0.15) is 51.0 Å². The van der Waals surface area contributed by atoms with E-state index in [0.717, 1.165) is 30.9 Å². The molecule has 0 unspecified atom stereocenters. The van der Waals surface area contributed by atoms with Gasteiger partial charge in [0.15, 0.2) is 0 Å². The van der Waals surface area contributed by atoms with Crippen LogP contribution >= 0.6 is 0 Å². The molecule has 104 valence electrons. The van der Waals surface area contributed by atoms with Crippen molar-refractivity contribution in [3.8, 4) is 0 Å². The maximum Gasteiger partial charge on any atom is 0.138 e. The van der Waals surface area contributed by atoms with E-state index in [1.807, 2.05) is 0 Å². The van der Waals surface area contributed by atoms with Crippen molar-refractivity contribution >= 4 is 11.0 Å². The van der Waals surface area contributed by atoms with Gasteiger partial charge in [-0.3, -0.25) is 0 Å². The quantitative estimate of drug-likeness (QED) is 0.816. The van der Waals surface area contributed by atoms with Crippen molar-refractivity contribution in [3.63, 3.8) is 0 Å². The van der Waals surface area contributed by atoms with E-state index >= 15 is 0 Å². The smallest absolute Gasteiger partial charge is 0.138 e. The van der Waals surface area contributed by atoms with Crippen LogP contribution in [0.2, 0.25) is 0 Å². The Morgan fingerprint density at radius 1 is 1.16 bits per heavy atom. The van der Waals surface area contributed by atoms with Crippen molar-refractivity contribution in [2.45, 2.75) is 53.0 Å². The summed E-state index contributed by atoms with van der Waals surface area (Å²) in [7, 11) is 0. The number of aryl methyl sites for hydroxylation is 1. The van der Waals surface area contributed by atoms with Crippen LogP contribution in [0, 0.1) is 6.92 Å². The molecule has 0 aliphatic rings. The van der Waals surface area contributed by atoms with Gasteiger partial charge in [-0.25, -0.2) is 0 Å². The highest BCUT2D eigenvalue weighted by Gasteiger charge is 2.20. The molecule has 1 N–H and O–H groups in total. The maximum absolute atomic E-state index is 6.06. The third-order valence-corrected chi connectivity index (χ3v) is 3.35. The molecule has 2 aromatic rings. The molecule has 0 bridgehead atoms. The van der Waals surface area contributed by atoms with E-state index in [1.165, 1.54) is 16.5 Å². The lowest BCUT2D eigenvalue weighted by atomic mass is 9.85. The summed E-state index contributed by atoms with van der Waals surface area (Å²) in [4.78, 5) is 0.